The summed E-state index contributed by atoms with van der Waals surface area (Å²) in [6, 6.07) is 5.97. The molecule has 2 fully saturated rings. The predicted octanol–water partition coefficient (Wildman–Crippen LogP) is 3.61. The summed E-state index contributed by atoms with van der Waals surface area (Å²) in [4.78, 5) is 14.5. The molecule has 0 radical (unpaired) electrons. The van der Waals surface area contributed by atoms with E-state index in [1.165, 1.54) is 0 Å². The highest BCUT2D eigenvalue weighted by molar-refractivity contribution is 5.78. The Morgan fingerprint density at radius 3 is 2.22 bits per heavy atom. The third-order valence-corrected chi connectivity index (χ3v) is 5.76. The van der Waals surface area contributed by atoms with E-state index in [-0.39, 0.29) is 16.9 Å². The molecule has 5 heteroatoms. The number of β-amino-alcohol motifs (C(OH)–C–C–N with tert-alkyl or cyclic N) is 1. The number of ether oxygens (including phenoxy) is 1. The fourth-order valence-corrected chi connectivity index (χ4v) is 5.36. The summed E-state index contributed by atoms with van der Waals surface area (Å²) in [6.07, 6.45) is 1.79. The van der Waals surface area contributed by atoms with Gasteiger partial charge in [0.05, 0.1) is 6.10 Å². The van der Waals surface area contributed by atoms with Crippen molar-refractivity contribution in [3.63, 3.8) is 0 Å². The summed E-state index contributed by atoms with van der Waals surface area (Å²) < 4.78 is 6.27. The van der Waals surface area contributed by atoms with E-state index in [4.69, 9.17) is 4.74 Å². The van der Waals surface area contributed by atoms with Gasteiger partial charge in [-0.25, -0.2) is 4.79 Å². The molecule has 1 aromatic rings. The SMILES string of the molecule is Cc1cc(CN2CC(O)C2)ccc1OC1(C(=O)O)CC(C)(C)CC(C)(C)C1. The number of carboxylic acid groups (broad SMARTS) is 1. The summed E-state index contributed by atoms with van der Waals surface area (Å²) in [6.45, 7) is 12.7. The van der Waals surface area contributed by atoms with E-state index in [1.807, 2.05) is 19.1 Å². The third kappa shape index (κ3) is 4.46. The number of benzene rings is 1. The zero-order valence-electron chi connectivity index (χ0n) is 17.2. The minimum Gasteiger partial charge on any atom is -0.478 e. The lowest BCUT2D eigenvalue weighted by Gasteiger charge is -2.49. The quantitative estimate of drug-likeness (QED) is 0.823. The minimum atomic E-state index is -1.20. The molecule has 0 unspecified atom stereocenters. The predicted molar refractivity (Wildman–Crippen MR) is 105 cm³/mol. The third-order valence-electron chi connectivity index (χ3n) is 5.76. The number of aliphatic hydroxyl groups excluding tert-OH is 1. The lowest BCUT2D eigenvalue weighted by atomic mass is 9.59. The van der Waals surface area contributed by atoms with Crippen molar-refractivity contribution in [2.45, 2.75) is 72.1 Å². The van der Waals surface area contributed by atoms with Gasteiger partial charge in [0.25, 0.3) is 0 Å². The number of rotatable bonds is 5. The second kappa shape index (κ2) is 6.78. The van der Waals surface area contributed by atoms with E-state index in [9.17, 15) is 15.0 Å². The van der Waals surface area contributed by atoms with Crippen LogP contribution in [0.1, 0.15) is 58.1 Å². The normalized spacial score (nSPS) is 24.2. The molecule has 0 amide bonds. The average molecular weight is 376 g/mol. The number of carbonyl (C=O) groups is 1. The Balaban J connectivity index is 1.81. The summed E-state index contributed by atoms with van der Waals surface area (Å²) in [7, 11) is 0. The van der Waals surface area contributed by atoms with Crippen molar-refractivity contribution in [3.05, 3.63) is 29.3 Å². The van der Waals surface area contributed by atoms with Gasteiger partial charge in [0.15, 0.2) is 0 Å². The van der Waals surface area contributed by atoms with E-state index >= 15 is 0 Å². The Morgan fingerprint density at radius 1 is 1.15 bits per heavy atom. The molecule has 2 aliphatic rings. The van der Waals surface area contributed by atoms with Gasteiger partial charge in [-0.15, -0.1) is 0 Å². The van der Waals surface area contributed by atoms with Gasteiger partial charge in [0.2, 0.25) is 5.60 Å². The Kier molecular flexibility index (Phi) is 5.06. The first kappa shape index (κ1) is 20.2. The van der Waals surface area contributed by atoms with Crippen LogP contribution >= 0.6 is 0 Å². The first-order valence-electron chi connectivity index (χ1n) is 9.82. The molecular weight excluding hydrogens is 342 g/mol. The van der Waals surface area contributed by atoms with E-state index in [1.54, 1.807) is 0 Å². The molecule has 27 heavy (non-hydrogen) atoms. The molecule has 0 aromatic heterocycles. The van der Waals surface area contributed by atoms with Crippen molar-refractivity contribution in [1.29, 1.82) is 0 Å². The van der Waals surface area contributed by atoms with Crippen molar-refractivity contribution in [1.82, 2.24) is 4.90 Å². The Morgan fingerprint density at radius 2 is 1.74 bits per heavy atom. The Hall–Kier alpha value is -1.59. The Labute approximate surface area is 162 Å². The standard InChI is InChI=1S/C22H33NO4/c1-15-8-16(9-23-10-17(24)11-23)6-7-18(15)27-22(19(25)26)13-20(2,3)12-21(4,5)14-22/h6-8,17,24H,9-14H2,1-5H3,(H,25,26). The molecule has 150 valence electrons. The van der Waals surface area contributed by atoms with Crippen LogP contribution in [-0.4, -0.2) is 45.9 Å². The first-order chi connectivity index (χ1) is 12.4. The van der Waals surface area contributed by atoms with Crippen LogP contribution in [0.5, 0.6) is 5.75 Å². The van der Waals surface area contributed by atoms with Crippen molar-refractivity contribution in [3.8, 4) is 5.75 Å². The highest BCUT2D eigenvalue weighted by Crippen LogP contribution is 2.51. The summed E-state index contributed by atoms with van der Waals surface area (Å²) in [5.41, 5.74) is 0.730. The summed E-state index contributed by atoms with van der Waals surface area (Å²) >= 11 is 0. The van der Waals surface area contributed by atoms with Crippen LogP contribution in [0.25, 0.3) is 0 Å². The van der Waals surface area contributed by atoms with Crippen LogP contribution in [0, 0.1) is 17.8 Å². The van der Waals surface area contributed by atoms with Crippen molar-refractivity contribution in [2.24, 2.45) is 10.8 Å². The summed E-state index contributed by atoms with van der Waals surface area (Å²) in [5.74, 6) is -0.223. The molecule has 1 saturated carbocycles. The summed E-state index contributed by atoms with van der Waals surface area (Å²) in [5, 5.41) is 19.5. The van der Waals surface area contributed by atoms with Gasteiger partial charge in [-0.05, 0) is 41.4 Å². The second-order valence-electron chi connectivity index (χ2n) is 10.2. The zero-order chi connectivity index (χ0) is 20.0. The molecule has 1 heterocycles. The van der Waals surface area contributed by atoms with Crippen LogP contribution in [0.3, 0.4) is 0 Å². The van der Waals surface area contributed by atoms with Crippen molar-refractivity contribution in [2.75, 3.05) is 13.1 Å². The average Bonchev–Trinajstić information content (AvgIpc) is 2.45. The number of likely N-dealkylation sites (tertiary alicyclic amines) is 1. The molecule has 5 nitrogen and oxygen atoms in total. The lowest BCUT2D eigenvalue weighted by Crippen LogP contribution is -2.55. The van der Waals surface area contributed by atoms with Crippen LogP contribution in [0.15, 0.2) is 18.2 Å². The molecule has 0 spiro atoms. The van der Waals surface area contributed by atoms with Crippen LogP contribution < -0.4 is 4.74 Å². The minimum absolute atomic E-state index is 0.0909. The molecule has 0 bridgehead atoms. The maximum absolute atomic E-state index is 12.3. The fraction of sp³-hybridized carbons (Fsp3) is 0.682. The first-order valence-corrected chi connectivity index (χ1v) is 9.82. The molecular formula is C22H33NO4. The second-order valence-corrected chi connectivity index (χ2v) is 10.2. The zero-order valence-corrected chi connectivity index (χ0v) is 17.2. The number of hydrogen-bond acceptors (Lipinski definition) is 4. The van der Waals surface area contributed by atoms with Crippen molar-refractivity contribution >= 4 is 5.97 Å². The number of aliphatic carboxylic acids is 1. The van der Waals surface area contributed by atoms with E-state index in [0.29, 0.717) is 31.7 Å². The van der Waals surface area contributed by atoms with Gasteiger partial charge in [-0.3, -0.25) is 4.90 Å². The number of nitrogens with zero attached hydrogens (tertiary/aromatic N) is 1. The highest BCUT2D eigenvalue weighted by atomic mass is 16.5. The lowest BCUT2D eigenvalue weighted by molar-refractivity contribution is -0.168. The van der Waals surface area contributed by atoms with Gasteiger partial charge in [0.1, 0.15) is 5.75 Å². The van der Waals surface area contributed by atoms with E-state index in [0.717, 1.165) is 24.1 Å². The van der Waals surface area contributed by atoms with Crippen LogP contribution in [0.2, 0.25) is 0 Å². The fourth-order valence-electron chi connectivity index (χ4n) is 5.36. The molecule has 3 rings (SSSR count). The maximum atomic E-state index is 12.3. The smallest absolute Gasteiger partial charge is 0.348 e. The van der Waals surface area contributed by atoms with Crippen LogP contribution in [-0.2, 0) is 11.3 Å². The number of carboxylic acids is 1. The monoisotopic (exact) mass is 375 g/mol. The molecule has 2 N–H and O–H groups in total. The van der Waals surface area contributed by atoms with Gasteiger partial charge in [-0.1, -0.05) is 39.8 Å². The molecule has 1 aliphatic carbocycles. The van der Waals surface area contributed by atoms with Crippen molar-refractivity contribution < 1.29 is 19.7 Å². The van der Waals surface area contributed by atoms with Crippen LogP contribution in [0.4, 0.5) is 0 Å². The molecule has 0 atom stereocenters. The molecule has 1 aliphatic heterocycles. The molecule has 1 saturated heterocycles. The van der Waals surface area contributed by atoms with E-state index < -0.39 is 11.6 Å². The van der Waals surface area contributed by atoms with Gasteiger partial charge >= 0.3 is 5.97 Å². The molecule has 1 aromatic carbocycles. The van der Waals surface area contributed by atoms with Gasteiger partial charge in [-0.2, -0.15) is 0 Å². The number of hydrogen-bond donors (Lipinski definition) is 2. The van der Waals surface area contributed by atoms with Gasteiger partial charge < -0.3 is 14.9 Å². The highest BCUT2D eigenvalue weighted by Gasteiger charge is 2.54. The maximum Gasteiger partial charge on any atom is 0.348 e. The number of aryl methyl sites for hydroxylation is 1. The largest absolute Gasteiger partial charge is 0.478 e. The van der Waals surface area contributed by atoms with E-state index in [2.05, 4.69) is 38.7 Å². The topological polar surface area (TPSA) is 70.0 Å². The Bertz CT molecular complexity index is 703. The number of aliphatic hydroxyl groups is 1. The van der Waals surface area contributed by atoms with Gasteiger partial charge in [0, 0.05) is 32.5 Å².